The van der Waals surface area contributed by atoms with Gasteiger partial charge in [-0.05, 0) is 42.0 Å². The van der Waals surface area contributed by atoms with Gasteiger partial charge in [0.2, 0.25) is 5.95 Å². The highest BCUT2D eigenvalue weighted by atomic mass is 16.5. The van der Waals surface area contributed by atoms with Gasteiger partial charge in [0.15, 0.2) is 0 Å². The number of benzene rings is 2. The van der Waals surface area contributed by atoms with E-state index in [0.29, 0.717) is 30.6 Å². The molecule has 0 amide bonds. The molecule has 3 aromatic rings. The Hall–Kier alpha value is -3.16. The van der Waals surface area contributed by atoms with E-state index in [1.807, 2.05) is 42.5 Å². The average Bonchev–Trinajstić information content (AvgIpc) is 2.79. The third-order valence-corrected chi connectivity index (χ3v) is 5.49. The van der Waals surface area contributed by atoms with Crippen LogP contribution in [0.2, 0.25) is 0 Å². The molecule has 1 saturated heterocycles. The molecular formula is C24H29N5O2. The van der Waals surface area contributed by atoms with Gasteiger partial charge in [-0.3, -0.25) is 0 Å². The van der Waals surface area contributed by atoms with Gasteiger partial charge in [0.1, 0.15) is 5.82 Å². The SMILES string of the molecule is Nc1nc(N)c(-c2ccc(NCC3CCOCC3)cc2)c(COCc2ccccc2)n1. The van der Waals surface area contributed by atoms with Crippen molar-refractivity contribution in [1.29, 1.82) is 0 Å². The summed E-state index contributed by atoms with van der Waals surface area (Å²) >= 11 is 0. The molecule has 162 valence electrons. The fourth-order valence-electron chi connectivity index (χ4n) is 3.77. The van der Waals surface area contributed by atoms with Crippen molar-refractivity contribution in [2.24, 2.45) is 5.92 Å². The van der Waals surface area contributed by atoms with Gasteiger partial charge in [0.05, 0.1) is 18.9 Å². The van der Waals surface area contributed by atoms with Crippen LogP contribution in [0.1, 0.15) is 24.1 Å². The Kier molecular flexibility index (Phi) is 6.96. The molecule has 2 aromatic carbocycles. The smallest absolute Gasteiger partial charge is 0.222 e. The Balaban J connectivity index is 1.44. The topological polar surface area (TPSA) is 108 Å². The summed E-state index contributed by atoms with van der Waals surface area (Å²) in [6, 6.07) is 18.2. The van der Waals surface area contributed by atoms with Gasteiger partial charge in [-0.25, -0.2) is 4.98 Å². The van der Waals surface area contributed by atoms with E-state index in [0.717, 1.165) is 55.0 Å². The number of nitrogens with zero attached hydrogens (tertiary/aromatic N) is 2. The summed E-state index contributed by atoms with van der Waals surface area (Å²) in [5, 5.41) is 3.52. The maximum Gasteiger partial charge on any atom is 0.222 e. The van der Waals surface area contributed by atoms with E-state index in [4.69, 9.17) is 20.9 Å². The average molecular weight is 420 g/mol. The first-order valence-corrected chi connectivity index (χ1v) is 10.6. The highest BCUT2D eigenvalue weighted by Gasteiger charge is 2.15. The number of hydrogen-bond acceptors (Lipinski definition) is 7. The van der Waals surface area contributed by atoms with Crippen LogP contribution in [0.5, 0.6) is 0 Å². The third-order valence-electron chi connectivity index (χ3n) is 5.49. The Morgan fingerprint density at radius 1 is 0.935 bits per heavy atom. The number of ether oxygens (including phenoxy) is 2. The molecule has 1 aliphatic heterocycles. The highest BCUT2D eigenvalue weighted by Crippen LogP contribution is 2.30. The van der Waals surface area contributed by atoms with Crippen molar-refractivity contribution in [3.05, 3.63) is 65.9 Å². The Labute approximate surface area is 182 Å². The second kappa shape index (κ2) is 10.2. The van der Waals surface area contributed by atoms with Crippen molar-refractivity contribution < 1.29 is 9.47 Å². The first kappa shape index (κ1) is 21.1. The van der Waals surface area contributed by atoms with Crippen LogP contribution in [0, 0.1) is 5.92 Å². The van der Waals surface area contributed by atoms with Gasteiger partial charge in [0.25, 0.3) is 0 Å². The number of anilines is 3. The van der Waals surface area contributed by atoms with Crippen molar-refractivity contribution in [3.8, 4) is 11.1 Å². The van der Waals surface area contributed by atoms with Crippen molar-refractivity contribution in [3.63, 3.8) is 0 Å². The van der Waals surface area contributed by atoms with Crippen LogP contribution in [-0.4, -0.2) is 29.7 Å². The number of aromatic nitrogens is 2. The summed E-state index contributed by atoms with van der Waals surface area (Å²) in [5.74, 6) is 1.16. The number of rotatable bonds is 8. The van der Waals surface area contributed by atoms with Crippen LogP contribution in [-0.2, 0) is 22.7 Å². The monoisotopic (exact) mass is 419 g/mol. The Morgan fingerprint density at radius 2 is 1.68 bits per heavy atom. The van der Waals surface area contributed by atoms with Crippen LogP contribution in [0.4, 0.5) is 17.5 Å². The largest absolute Gasteiger partial charge is 0.385 e. The van der Waals surface area contributed by atoms with Crippen LogP contribution >= 0.6 is 0 Å². The minimum atomic E-state index is 0.148. The van der Waals surface area contributed by atoms with Crippen LogP contribution < -0.4 is 16.8 Å². The summed E-state index contributed by atoms with van der Waals surface area (Å²) < 4.78 is 11.3. The molecule has 0 bridgehead atoms. The van der Waals surface area contributed by atoms with E-state index in [1.165, 1.54) is 0 Å². The van der Waals surface area contributed by atoms with Gasteiger partial charge in [-0.2, -0.15) is 4.98 Å². The van der Waals surface area contributed by atoms with Gasteiger partial charge in [0, 0.05) is 31.0 Å². The summed E-state index contributed by atoms with van der Waals surface area (Å²) in [4.78, 5) is 8.55. The number of nitrogen functional groups attached to an aromatic ring is 2. The predicted molar refractivity (Wildman–Crippen MR) is 123 cm³/mol. The van der Waals surface area contributed by atoms with Crippen molar-refractivity contribution >= 4 is 17.5 Å². The van der Waals surface area contributed by atoms with Crippen molar-refractivity contribution in [1.82, 2.24) is 9.97 Å². The molecule has 7 nitrogen and oxygen atoms in total. The van der Waals surface area contributed by atoms with E-state index in [1.54, 1.807) is 0 Å². The molecule has 1 fully saturated rings. The van der Waals surface area contributed by atoms with Crippen molar-refractivity contribution in [2.45, 2.75) is 26.1 Å². The molecule has 1 aliphatic rings. The molecule has 1 aromatic heterocycles. The molecule has 7 heteroatoms. The summed E-state index contributed by atoms with van der Waals surface area (Å²) in [6.07, 6.45) is 2.22. The summed E-state index contributed by atoms with van der Waals surface area (Å²) in [7, 11) is 0. The molecular weight excluding hydrogens is 390 g/mol. The molecule has 31 heavy (non-hydrogen) atoms. The van der Waals surface area contributed by atoms with E-state index < -0.39 is 0 Å². The molecule has 2 heterocycles. The zero-order chi connectivity index (χ0) is 21.5. The van der Waals surface area contributed by atoms with Crippen molar-refractivity contribution in [2.75, 3.05) is 36.5 Å². The minimum absolute atomic E-state index is 0.148. The fraction of sp³-hybridized carbons (Fsp3) is 0.333. The van der Waals surface area contributed by atoms with Gasteiger partial charge < -0.3 is 26.3 Å². The number of nitrogens with one attached hydrogen (secondary N) is 1. The normalized spacial score (nSPS) is 14.5. The molecule has 4 rings (SSSR count). The third kappa shape index (κ3) is 5.71. The lowest BCUT2D eigenvalue weighted by molar-refractivity contribution is 0.0699. The second-order valence-corrected chi connectivity index (χ2v) is 7.78. The molecule has 0 unspecified atom stereocenters. The van der Waals surface area contributed by atoms with Gasteiger partial charge >= 0.3 is 0 Å². The van der Waals surface area contributed by atoms with Gasteiger partial charge in [-0.1, -0.05) is 42.5 Å². The highest BCUT2D eigenvalue weighted by molar-refractivity contribution is 5.77. The lowest BCUT2D eigenvalue weighted by Crippen LogP contribution is -2.22. The first-order valence-electron chi connectivity index (χ1n) is 10.6. The standard InChI is InChI=1S/C24H29N5O2/c25-23-22(19-6-8-20(9-7-19)27-14-17-10-12-30-13-11-17)21(28-24(26)29-23)16-31-15-18-4-2-1-3-5-18/h1-9,17,27H,10-16H2,(H4,25,26,28,29). The van der Waals surface area contributed by atoms with Crippen LogP contribution in [0.25, 0.3) is 11.1 Å². The quantitative estimate of drug-likeness (QED) is 0.509. The Morgan fingerprint density at radius 3 is 2.42 bits per heavy atom. The number of nitrogens with two attached hydrogens (primary N) is 2. The summed E-state index contributed by atoms with van der Waals surface area (Å²) in [5.41, 5.74) is 16.6. The molecule has 0 saturated carbocycles. The molecule has 0 aliphatic carbocycles. The lowest BCUT2D eigenvalue weighted by atomic mass is 10.00. The second-order valence-electron chi connectivity index (χ2n) is 7.78. The summed E-state index contributed by atoms with van der Waals surface area (Å²) in [6.45, 7) is 3.45. The molecule has 0 spiro atoms. The zero-order valence-electron chi connectivity index (χ0n) is 17.6. The molecule has 0 radical (unpaired) electrons. The lowest BCUT2D eigenvalue weighted by Gasteiger charge is -2.22. The van der Waals surface area contributed by atoms with Crippen LogP contribution in [0.3, 0.4) is 0 Å². The van der Waals surface area contributed by atoms with E-state index in [2.05, 4.69) is 27.4 Å². The maximum absolute atomic E-state index is 6.22. The minimum Gasteiger partial charge on any atom is -0.385 e. The van der Waals surface area contributed by atoms with E-state index in [-0.39, 0.29) is 5.95 Å². The maximum atomic E-state index is 6.22. The van der Waals surface area contributed by atoms with E-state index in [9.17, 15) is 0 Å². The van der Waals surface area contributed by atoms with Gasteiger partial charge in [-0.15, -0.1) is 0 Å². The predicted octanol–water partition coefficient (Wildman–Crippen LogP) is 3.86. The zero-order valence-corrected chi connectivity index (χ0v) is 17.6. The molecule has 0 atom stereocenters. The van der Waals surface area contributed by atoms with Crippen LogP contribution in [0.15, 0.2) is 54.6 Å². The van der Waals surface area contributed by atoms with E-state index >= 15 is 0 Å². The Bertz CT molecular complexity index is 973. The number of hydrogen-bond donors (Lipinski definition) is 3. The molecule has 5 N–H and O–H groups in total. The first-order chi connectivity index (χ1) is 15.2. The fourth-order valence-corrected chi connectivity index (χ4v) is 3.77.